The number of H-pyrrole nitrogens is 1. The van der Waals surface area contributed by atoms with Crippen LogP contribution >= 0.6 is 11.3 Å². The second-order valence-corrected chi connectivity index (χ2v) is 9.03. The van der Waals surface area contributed by atoms with Crippen LogP contribution < -0.4 is 5.56 Å². The van der Waals surface area contributed by atoms with Gasteiger partial charge in [-0.2, -0.15) is 9.40 Å². The second-order valence-electron chi connectivity index (χ2n) is 5.78. The van der Waals surface area contributed by atoms with E-state index in [1.54, 1.807) is 18.2 Å². The van der Waals surface area contributed by atoms with Crippen LogP contribution in [0, 0.1) is 0 Å². The zero-order valence-corrected chi connectivity index (χ0v) is 14.8. The van der Waals surface area contributed by atoms with Gasteiger partial charge >= 0.3 is 0 Å². The third kappa shape index (κ3) is 3.04. The van der Waals surface area contributed by atoms with Crippen molar-refractivity contribution in [2.24, 2.45) is 0 Å². The van der Waals surface area contributed by atoms with Crippen molar-refractivity contribution in [1.29, 1.82) is 0 Å². The summed E-state index contributed by atoms with van der Waals surface area (Å²) in [5, 5.41) is 6.31. The molecule has 0 spiro atoms. The van der Waals surface area contributed by atoms with Crippen molar-refractivity contribution in [2.45, 2.75) is 17.2 Å². The first-order chi connectivity index (χ1) is 12.0. The quantitative estimate of drug-likeness (QED) is 0.763. The molecule has 2 aromatic heterocycles. The number of aromatic nitrogens is 2. The van der Waals surface area contributed by atoms with Crippen molar-refractivity contribution < 1.29 is 8.42 Å². The highest BCUT2D eigenvalue weighted by molar-refractivity contribution is 7.91. The fraction of sp³-hybridized carbons (Fsp3) is 0.176. The Labute approximate surface area is 148 Å². The molecule has 0 radical (unpaired) electrons. The van der Waals surface area contributed by atoms with Crippen molar-refractivity contribution in [3.63, 3.8) is 0 Å². The smallest absolute Gasteiger partial charge is 0.264 e. The topological polar surface area (TPSA) is 83.1 Å². The van der Waals surface area contributed by atoms with Gasteiger partial charge in [0.1, 0.15) is 9.90 Å². The van der Waals surface area contributed by atoms with E-state index < -0.39 is 10.0 Å². The van der Waals surface area contributed by atoms with E-state index in [1.807, 2.05) is 24.3 Å². The first-order valence-electron chi connectivity index (χ1n) is 7.77. The summed E-state index contributed by atoms with van der Waals surface area (Å²) in [5.41, 5.74) is 2.52. The lowest BCUT2D eigenvalue weighted by Gasteiger charge is -2.27. The Bertz CT molecular complexity index is 1070. The lowest BCUT2D eigenvalue weighted by Crippen LogP contribution is -2.35. The van der Waals surface area contributed by atoms with Crippen LogP contribution in [0.15, 0.2) is 57.5 Å². The monoisotopic (exact) mass is 373 g/mol. The largest absolute Gasteiger partial charge is 0.268 e. The van der Waals surface area contributed by atoms with Crippen LogP contribution in [0.25, 0.3) is 10.6 Å². The van der Waals surface area contributed by atoms with Crippen LogP contribution in [-0.2, 0) is 23.0 Å². The van der Waals surface area contributed by atoms with Crippen LogP contribution in [0.3, 0.4) is 0 Å². The van der Waals surface area contributed by atoms with Gasteiger partial charge in [-0.05, 0) is 35.7 Å². The van der Waals surface area contributed by atoms with Crippen LogP contribution in [-0.4, -0.2) is 29.5 Å². The molecule has 0 saturated heterocycles. The van der Waals surface area contributed by atoms with E-state index in [0.29, 0.717) is 23.7 Å². The van der Waals surface area contributed by atoms with E-state index in [1.165, 1.54) is 15.9 Å². The van der Waals surface area contributed by atoms with E-state index in [4.69, 9.17) is 0 Å². The number of aromatic amines is 1. The summed E-state index contributed by atoms with van der Waals surface area (Å²) in [6.07, 6.45) is 0.717. The SMILES string of the molecule is O=c1ccc(-c2ccc(S(=O)(=O)N3CCc4ccccc4C3)s2)n[nH]1. The molecule has 1 aliphatic heterocycles. The minimum Gasteiger partial charge on any atom is -0.268 e. The summed E-state index contributed by atoms with van der Waals surface area (Å²) in [7, 11) is -3.55. The minimum absolute atomic E-state index is 0.287. The Morgan fingerprint density at radius 3 is 2.60 bits per heavy atom. The van der Waals surface area contributed by atoms with E-state index in [2.05, 4.69) is 10.2 Å². The molecule has 4 rings (SSSR count). The van der Waals surface area contributed by atoms with E-state index in [-0.39, 0.29) is 9.77 Å². The maximum Gasteiger partial charge on any atom is 0.264 e. The van der Waals surface area contributed by atoms with Crippen LogP contribution in [0.1, 0.15) is 11.1 Å². The third-order valence-corrected chi connectivity index (χ3v) is 7.62. The van der Waals surface area contributed by atoms with Crippen LogP contribution in [0.5, 0.6) is 0 Å². The van der Waals surface area contributed by atoms with E-state index in [0.717, 1.165) is 23.3 Å². The molecule has 3 aromatic rings. The normalized spacial score (nSPS) is 15.0. The maximum atomic E-state index is 13.0. The molecular formula is C17H15N3O3S2. The van der Waals surface area contributed by atoms with Crippen molar-refractivity contribution in [3.05, 3.63) is 70.0 Å². The van der Waals surface area contributed by atoms with Gasteiger partial charge in [-0.25, -0.2) is 13.5 Å². The molecule has 3 heterocycles. The molecule has 25 heavy (non-hydrogen) atoms. The lowest BCUT2D eigenvalue weighted by molar-refractivity contribution is 0.392. The molecule has 128 valence electrons. The average Bonchev–Trinajstić information content (AvgIpc) is 3.13. The second kappa shape index (κ2) is 6.21. The van der Waals surface area contributed by atoms with Crippen LogP contribution in [0.2, 0.25) is 0 Å². The van der Waals surface area contributed by atoms with Crippen molar-refractivity contribution in [1.82, 2.24) is 14.5 Å². The molecule has 8 heteroatoms. The van der Waals surface area contributed by atoms with Gasteiger partial charge in [0.2, 0.25) is 0 Å². The van der Waals surface area contributed by atoms with Gasteiger partial charge in [0, 0.05) is 19.2 Å². The molecule has 0 fully saturated rings. The summed E-state index contributed by atoms with van der Waals surface area (Å²) in [4.78, 5) is 11.8. The number of benzene rings is 1. The van der Waals surface area contributed by atoms with Crippen molar-refractivity contribution in [3.8, 4) is 10.6 Å². The number of thiophene rings is 1. The molecule has 1 aliphatic rings. The highest BCUT2D eigenvalue weighted by Crippen LogP contribution is 2.32. The Kier molecular flexibility index (Phi) is 4.03. The average molecular weight is 373 g/mol. The van der Waals surface area contributed by atoms with Gasteiger partial charge < -0.3 is 0 Å². The first-order valence-corrected chi connectivity index (χ1v) is 10.0. The molecule has 6 nitrogen and oxygen atoms in total. The molecule has 1 N–H and O–H groups in total. The Morgan fingerprint density at radius 2 is 1.84 bits per heavy atom. The van der Waals surface area contributed by atoms with Gasteiger partial charge in [0.15, 0.2) is 0 Å². The maximum absolute atomic E-state index is 13.0. The van der Waals surface area contributed by atoms with E-state index in [9.17, 15) is 13.2 Å². The molecule has 0 amide bonds. The third-order valence-electron chi connectivity index (χ3n) is 4.20. The Balaban J connectivity index is 1.63. The number of nitrogens with zero attached hydrogens (tertiary/aromatic N) is 2. The van der Waals surface area contributed by atoms with Gasteiger partial charge in [0.05, 0.1) is 4.88 Å². The van der Waals surface area contributed by atoms with Gasteiger partial charge in [-0.15, -0.1) is 11.3 Å². The molecule has 0 bridgehead atoms. The zero-order chi connectivity index (χ0) is 17.4. The summed E-state index contributed by atoms with van der Waals surface area (Å²) in [6, 6.07) is 14.2. The summed E-state index contributed by atoms with van der Waals surface area (Å²) in [5.74, 6) is 0. The van der Waals surface area contributed by atoms with Crippen molar-refractivity contribution in [2.75, 3.05) is 6.54 Å². The molecule has 1 aromatic carbocycles. The fourth-order valence-corrected chi connectivity index (χ4v) is 5.73. The summed E-state index contributed by atoms with van der Waals surface area (Å²) >= 11 is 1.16. The lowest BCUT2D eigenvalue weighted by atomic mass is 10.0. The van der Waals surface area contributed by atoms with E-state index >= 15 is 0 Å². The molecular weight excluding hydrogens is 358 g/mol. The Morgan fingerprint density at radius 1 is 1.04 bits per heavy atom. The highest BCUT2D eigenvalue weighted by atomic mass is 32.2. The number of fused-ring (bicyclic) bond motifs is 1. The number of nitrogens with one attached hydrogen (secondary N) is 1. The predicted molar refractivity (Wildman–Crippen MR) is 95.9 cm³/mol. The van der Waals surface area contributed by atoms with Crippen molar-refractivity contribution >= 4 is 21.4 Å². The standard InChI is InChI=1S/C17H15N3O3S2/c21-16-7-5-14(18-19-16)15-6-8-17(24-15)25(22,23)20-10-9-12-3-1-2-4-13(12)11-20/h1-8H,9-11H2,(H,19,21). The predicted octanol–water partition coefficient (Wildman–Crippen LogP) is 2.25. The first kappa shape index (κ1) is 16.2. The highest BCUT2D eigenvalue weighted by Gasteiger charge is 2.29. The minimum atomic E-state index is -3.55. The van der Waals surface area contributed by atoms with Crippen LogP contribution in [0.4, 0.5) is 0 Å². The number of hydrogen-bond acceptors (Lipinski definition) is 5. The number of sulfonamides is 1. The van der Waals surface area contributed by atoms with Gasteiger partial charge in [0.25, 0.3) is 15.6 Å². The number of hydrogen-bond donors (Lipinski definition) is 1. The molecule has 0 saturated carbocycles. The zero-order valence-electron chi connectivity index (χ0n) is 13.2. The summed E-state index contributed by atoms with van der Waals surface area (Å²) < 4.78 is 27.7. The van der Waals surface area contributed by atoms with Gasteiger partial charge in [-0.1, -0.05) is 24.3 Å². The Hall–Kier alpha value is -2.29. The fourth-order valence-electron chi connectivity index (χ4n) is 2.88. The molecule has 0 unspecified atom stereocenters. The van der Waals surface area contributed by atoms with Gasteiger partial charge in [-0.3, -0.25) is 4.79 Å². The molecule has 0 aliphatic carbocycles. The molecule has 0 atom stereocenters. The number of rotatable bonds is 3. The summed E-state index contributed by atoms with van der Waals surface area (Å²) in [6.45, 7) is 0.867.